The van der Waals surface area contributed by atoms with Crippen molar-refractivity contribution in [3.8, 4) is 0 Å². The molecule has 1 aromatic rings. The van der Waals surface area contributed by atoms with Crippen LogP contribution in [0.3, 0.4) is 0 Å². The summed E-state index contributed by atoms with van der Waals surface area (Å²) in [5.74, 6) is 1.61. The summed E-state index contributed by atoms with van der Waals surface area (Å²) in [6.45, 7) is 7.02. The second kappa shape index (κ2) is 8.65. The summed E-state index contributed by atoms with van der Waals surface area (Å²) in [7, 11) is 0. The molecule has 0 unspecified atom stereocenters. The second-order valence-corrected chi connectivity index (χ2v) is 8.18. The van der Waals surface area contributed by atoms with Crippen LogP contribution in [0.4, 0.5) is 0 Å². The van der Waals surface area contributed by atoms with Crippen molar-refractivity contribution in [1.82, 2.24) is 14.7 Å². The Morgan fingerprint density at radius 2 is 1.96 bits per heavy atom. The van der Waals surface area contributed by atoms with Gasteiger partial charge in [0.2, 0.25) is 0 Å². The average molecular weight is 348 g/mol. The van der Waals surface area contributed by atoms with Crippen LogP contribution in [0.15, 0.2) is 12.3 Å². The minimum Gasteiger partial charge on any atom is -0.381 e. The van der Waals surface area contributed by atoms with Gasteiger partial charge < -0.3 is 9.47 Å². The SMILES string of the molecule is c1cc2n(n1)[C@H](CCOCC1CCOCC1)CN(CC1CCCC1)C2. The highest BCUT2D eigenvalue weighted by molar-refractivity contribution is 5.05. The van der Waals surface area contributed by atoms with E-state index >= 15 is 0 Å². The van der Waals surface area contributed by atoms with E-state index in [0.29, 0.717) is 12.0 Å². The summed E-state index contributed by atoms with van der Waals surface area (Å²) >= 11 is 0. The molecule has 1 saturated carbocycles. The first kappa shape index (κ1) is 17.5. The maximum atomic E-state index is 6.02. The molecule has 25 heavy (non-hydrogen) atoms. The molecule has 1 aromatic heterocycles. The number of rotatable bonds is 7. The summed E-state index contributed by atoms with van der Waals surface area (Å²) in [6.07, 6.45) is 11.1. The molecule has 0 radical (unpaired) electrons. The minimum absolute atomic E-state index is 0.467. The van der Waals surface area contributed by atoms with Crippen molar-refractivity contribution < 1.29 is 9.47 Å². The van der Waals surface area contributed by atoms with Gasteiger partial charge in [-0.25, -0.2) is 0 Å². The molecule has 1 aliphatic carbocycles. The lowest BCUT2D eigenvalue weighted by molar-refractivity contribution is 0.0153. The molecule has 1 atom stereocenters. The van der Waals surface area contributed by atoms with Gasteiger partial charge in [0.25, 0.3) is 0 Å². The molecule has 0 spiro atoms. The molecular formula is C20H33N3O2. The highest BCUT2D eigenvalue weighted by Crippen LogP contribution is 2.29. The van der Waals surface area contributed by atoms with Crippen LogP contribution < -0.4 is 0 Å². The van der Waals surface area contributed by atoms with Crippen LogP contribution in [0.25, 0.3) is 0 Å². The van der Waals surface area contributed by atoms with Crippen molar-refractivity contribution in [2.24, 2.45) is 11.8 Å². The van der Waals surface area contributed by atoms with Gasteiger partial charge in [-0.3, -0.25) is 9.58 Å². The third-order valence-corrected chi connectivity index (χ3v) is 6.23. The number of hydrogen-bond donors (Lipinski definition) is 0. The fourth-order valence-electron chi connectivity index (χ4n) is 4.76. The van der Waals surface area contributed by atoms with Crippen LogP contribution in [-0.2, 0) is 16.0 Å². The van der Waals surface area contributed by atoms with Gasteiger partial charge in [0, 0.05) is 52.3 Å². The Labute approximate surface area is 151 Å². The van der Waals surface area contributed by atoms with E-state index in [1.807, 2.05) is 6.20 Å². The molecule has 4 rings (SSSR count). The van der Waals surface area contributed by atoms with Gasteiger partial charge in [0.15, 0.2) is 0 Å². The van der Waals surface area contributed by atoms with Crippen molar-refractivity contribution in [3.05, 3.63) is 18.0 Å². The normalized spacial score (nSPS) is 26.2. The number of ether oxygens (including phenoxy) is 2. The highest BCUT2D eigenvalue weighted by atomic mass is 16.5. The quantitative estimate of drug-likeness (QED) is 0.710. The van der Waals surface area contributed by atoms with Gasteiger partial charge >= 0.3 is 0 Å². The largest absolute Gasteiger partial charge is 0.381 e. The van der Waals surface area contributed by atoms with E-state index < -0.39 is 0 Å². The van der Waals surface area contributed by atoms with Crippen LogP contribution >= 0.6 is 0 Å². The van der Waals surface area contributed by atoms with Crippen molar-refractivity contribution in [2.75, 3.05) is 39.5 Å². The molecule has 0 bridgehead atoms. The number of fused-ring (bicyclic) bond motifs is 1. The lowest BCUT2D eigenvalue weighted by atomic mass is 10.0. The molecule has 5 nitrogen and oxygen atoms in total. The fraction of sp³-hybridized carbons (Fsp3) is 0.850. The molecule has 0 N–H and O–H groups in total. The van der Waals surface area contributed by atoms with Gasteiger partial charge in [0.05, 0.1) is 11.7 Å². The van der Waals surface area contributed by atoms with E-state index in [1.54, 1.807) is 0 Å². The summed E-state index contributed by atoms with van der Waals surface area (Å²) in [5.41, 5.74) is 1.37. The Balaban J connectivity index is 1.26. The summed E-state index contributed by atoms with van der Waals surface area (Å²) in [4.78, 5) is 2.66. The Morgan fingerprint density at radius 1 is 1.12 bits per heavy atom. The molecule has 5 heteroatoms. The van der Waals surface area contributed by atoms with Crippen molar-refractivity contribution >= 4 is 0 Å². The zero-order chi connectivity index (χ0) is 16.9. The number of hydrogen-bond acceptors (Lipinski definition) is 4. The highest BCUT2D eigenvalue weighted by Gasteiger charge is 2.28. The van der Waals surface area contributed by atoms with E-state index in [2.05, 4.69) is 20.7 Å². The molecule has 3 aliphatic rings. The molecule has 0 amide bonds. The van der Waals surface area contributed by atoms with Crippen LogP contribution in [0.1, 0.15) is 56.7 Å². The van der Waals surface area contributed by atoms with Gasteiger partial charge in [0.1, 0.15) is 0 Å². The van der Waals surface area contributed by atoms with Gasteiger partial charge in [-0.05, 0) is 50.0 Å². The number of aromatic nitrogens is 2. The van der Waals surface area contributed by atoms with E-state index in [-0.39, 0.29) is 0 Å². The number of nitrogens with zero attached hydrogens (tertiary/aromatic N) is 3. The van der Waals surface area contributed by atoms with Gasteiger partial charge in [-0.2, -0.15) is 5.10 Å². The van der Waals surface area contributed by atoms with E-state index in [1.165, 1.54) is 37.9 Å². The first-order valence-electron chi connectivity index (χ1n) is 10.3. The topological polar surface area (TPSA) is 39.5 Å². The third-order valence-electron chi connectivity index (χ3n) is 6.23. The van der Waals surface area contributed by atoms with Crippen LogP contribution in [0.2, 0.25) is 0 Å². The fourth-order valence-corrected chi connectivity index (χ4v) is 4.76. The van der Waals surface area contributed by atoms with E-state index in [9.17, 15) is 0 Å². The van der Waals surface area contributed by atoms with Crippen molar-refractivity contribution in [1.29, 1.82) is 0 Å². The summed E-state index contributed by atoms with van der Waals surface area (Å²) < 4.78 is 13.7. The Hall–Kier alpha value is -0.910. The van der Waals surface area contributed by atoms with Crippen molar-refractivity contribution in [3.63, 3.8) is 0 Å². The molecule has 140 valence electrons. The Kier molecular flexibility index (Phi) is 6.06. The zero-order valence-electron chi connectivity index (χ0n) is 15.4. The molecule has 2 aliphatic heterocycles. The first-order chi connectivity index (χ1) is 12.4. The van der Waals surface area contributed by atoms with Gasteiger partial charge in [-0.1, -0.05) is 12.8 Å². The Morgan fingerprint density at radius 3 is 2.80 bits per heavy atom. The van der Waals surface area contributed by atoms with E-state index in [4.69, 9.17) is 9.47 Å². The summed E-state index contributed by atoms with van der Waals surface area (Å²) in [6, 6.07) is 2.66. The second-order valence-electron chi connectivity index (χ2n) is 8.18. The van der Waals surface area contributed by atoms with Crippen LogP contribution in [0, 0.1) is 11.8 Å². The smallest absolute Gasteiger partial charge is 0.0671 e. The first-order valence-corrected chi connectivity index (χ1v) is 10.3. The zero-order valence-corrected chi connectivity index (χ0v) is 15.4. The minimum atomic E-state index is 0.467. The van der Waals surface area contributed by atoms with E-state index in [0.717, 1.165) is 64.7 Å². The average Bonchev–Trinajstić information content (AvgIpc) is 3.31. The summed E-state index contributed by atoms with van der Waals surface area (Å²) in [5, 5.41) is 4.59. The maximum Gasteiger partial charge on any atom is 0.0671 e. The third kappa shape index (κ3) is 4.63. The van der Waals surface area contributed by atoms with Crippen molar-refractivity contribution in [2.45, 2.75) is 57.5 Å². The molecule has 0 aromatic carbocycles. The van der Waals surface area contributed by atoms with Crippen LogP contribution in [-0.4, -0.2) is 54.2 Å². The maximum absolute atomic E-state index is 6.02. The predicted molar refractivity (Wildman–Crippen MR) is 97.5 cm³/mol. The standard InChI is InChI=1S/C20H33N3O2/c1-2-4-17(3-1)13-22-14-19-5-9-21-23(19)20(15-22)8-12-25-16-18-6-10-24-11-7-18/h5,9,17-18,20H,1-4,6-8,10-16H2/t20-/m1/s1. The lowest BCUT2D eigenvalue weighted by Crippen LogP contribution is -2.40. The predicted octanol–water partition coefficient (Wildman–Crippen LogP) is 3.26. The molecule has 2 fully saturated rings. The molecular weight excluding hydrogens is 314 g/mol. The van der Waals surface area contributed by atoms with Crippen LogP contribution in [0.5, 0.6) is 0 Å². The molecule has 3 heterocycles. The monoisotopic (exact) mass is 347 g/mol. The molecule has 1 saturated heterocycles. The lowest BCUT2D eigenvalue weighted by Gasteiger charge is -2.35. The van der Waals surface area contributed by atoms with Gasteiger partial charge in [-0.15, -0.1) is 0 Å². The Bertz CT molecular complexity index is 521.